The van der Waals surface area contributed by atoms with Crippen molar-refractivity contribution < 1.29 is 27.0 Å². The van der Waals surface area contributed by atoms with E-state index in [-0.39, 0.29) is 25.3 Å². The molecule has 0 saturated carbocycles. The standard InChI is InChI=1S/C25H26Cl2F2N2O4S/c1-36(33,34)30-18-6-8-20(9-7-18)35-16-19(32)14-31(15-21-24(28)3-2-4-25(21)29)12-11-17-5-10-22(26)23(27)13-17/h2-10,13,19,30,32H,11-12,14-16H2,1H3. The highest BCUT2D eigenvalue weighted by atomic mass is 35.5. The Morgan fingerprint density at radius 2 is 1.69 bits per heavy atom. The Kier molecular flexibility index (Phi) is 9.92. The summed E-state index contributed by atoms with van der Waals surface area (Å²) in [6.45, 7) is 0.335. The number of anilines is 1. The molecule has 0 saturated heterocycles. The van der Waals surface area contributed by atoms with Gasteiger partial charge in [0.05, 0.1) is 16.3 Å². The molecule has 0 bridgehead atoms. The van der Waals surface area contributed by atoms with E-state index in [1.54, 1.807) is 29.2 Å². The Morgan fingerprint density at radius 3 is 2.31 bits per heavy atom. The van der Waals surface area contributed by atoms with E-state index < -0.39 is 27.8 Å². The first-order chi connectivity index (χ1) is 17.0. The molecule has 3 rings (SSSR count). The molecule has 1 unspecified atom stereocenters. The number of aliphatic hydroxyl groups is 1. The lowest BCUT2D eigenvalue weighted by Crippen LogP contribution is -2.37. The Balaban J connectivity index is 1.64. The Labute approximate surface area is 219 Å². The zero-order chi connectivity index (χ0) is 26.3. The van der Waals surface area contributed by atoms with E-state index in [1.165, 1.54) is 30.3 Å². The van der Waals surface area contributed by atoms with Crippen molar-refractivity contribution in [3.05, 3.63) is 93.5 Å². The molecular formula is C25H26Cl2F2N2O4S. The van der Waals surface area contributed by atoms with Crippen molar-refractivity contribution in [2.24, 2.45) is 0 Å². The van der Waals surface area contributed by atoms with Crippen LogP contribution in [0, 0.1) is 11.6 Å². The summed E-state index contributed by atoms with van der Waals surface area (Å²) in [5.74, 6) is -0.901. The number of benzene rings is 3. The summed E-state index contributed by atoms with van der Waals surface area (Å²) in [4.78, 5) is 1.73. The molecule has 0 amide bonds. The highest BCUT2D eigenvalue weighted by Crippen LogP contribution is 2.23. The van der Waals surface area contributed by atoms with Crippen LogP contribution in [0.25, 0.3) is 0 Å². The molecule has 3 aromatic carbocycles. The van der Waals surface area contributed by atoms with Gasteiger partial charge in [-0.25, -0.2) is 17.2 Å². The number of hydrogen-bond acceptors (Lipinski definition) is 5. The second-order valence-electron chi connectivity index (χ2n) is 8.30. The van der Waals surface area contributed by atoms with Crippen LogP contribution < -0.4 is 9.46 Å². The number of hydrogen-bond donors (Lipinski definition) is 2. The Hall–Kier alpha value is -2.43. The van der Waals surface area contributed by atoms with Gasteiger partial charge in [-0.1, -0.05) is 35.3 Å². The van der Waals surface area contributed by atoms with Gasteiger partial charge in [0.1, 0.15) is 30.1 Å². The zero-order valence-corrected chi connectivity index (χ0v) is 21.8. The molecule has 0 heterocycles. The molecule has 36 heavy (non-hydrogen) atoms. The van der Waals surface area contributed by atoms with Gasteiger partial charge in [0.25, 0.3) is 0 Å². The Morgan fingerprint density at radius 1 is 1.03 bits per heavy atom. The van der Waals surface area contributed by atoms with E-state index in [0.29, 0.717) is 34.4 Å². The lowest BCUT2D eigenvalue weighted by Gasteiger charge is -2.26. The normalized spacial score (nSPS) is 12.5. The number of sulfonamides is 1. The van der Waals surface area contributed by atoms with E-state index in [2.05, 4.69) is 4.72 Å². The van der Waals surface area contributed by atoms with Crippen molar-refractivity contribution >= 4 is 38.9 Å². The predicted octanol–water partition coefficient (Wildman–Crippen LogP) is 5.13. The zero-order valence-electron chi connectivity index (χ0n) is 19.4. The van der Waals surface area contributed by atoms with Gasteiger partial charge in [0.2, 0.25) is 10.0 Å². The fraction of sp³-hybridized carbons (Fsp3) is 0.280. The molecule has 0 aliphatic heterocycles. The molecule has 11 heteroatoms. The molecule has 6 nitrogen and oxygen atoms in total. The topological polar surface area (TPSA) is 78.9 Å². The molecule has 194 valence electrons. The first-order valence-electron chi connectivity index (χ1n) is 11.0. The average molecular weight is 559 g/mol. The summed E-state index contributed by atoms with van der Waals surface area (Å²) in [5, 5.41) is 11.4. The monoisotopic (exact) mass is 558 g/mol. The van der Waals surface area contributed by atoms with Crippen molar-refractivity contribution in [3.63, 3.8) is 0 Å². The third-order valence-electron chi connectivity index (χ3n) is 5.21. The SMILES string of the molecule is CS(=O)(=O)Nc1ccc(OCC(O)CN(CCc2ccc(Cl)c(Cl)c2)Cc2c(F)cccc2F)cc1. The molecule has 2 N–H and O–H groups in total. The highest BCUT2D eigenvalue weighted by molar-refractivity contribution is 7.92. The van der Waals surface area contributed by atoms with Crippen molar-refractivity contribution in [1.82, 2.24) is 4.90 Å². The highest BCUT2D eigenvalue weighted by Gasteiger charge is 2.18. The summed E-state index contributed by atoms with van der Waals surface area (Å²) >= 11 is 12.1. The maximum Gasteiger partial charge on any atom is 0.229 e. The van der Waals surface area contributed by atoms with E-state index in [0.717, 1.165) is 11.8 Å². The van der Waals surface area contributed by atoms with Crippen LogP contribution >= 0.6 is 23.2 Å². The number of ether oxygens (including phenoxy) is 1. The van der Waals surface area contributed by atoms with E-state index in [1.807, 2.05) is 6.07 Å². The predicted molar refractivity (Wildman–Crippen MR) is 138 cm³/mol. The average Bonchev–Trinajstić information content (AvgIpc) is 2.80. The van der Waals surface area contributed by atoms with Gasteiger partial charge in [-0.15, -0.1) is 0 Å². The summed E-state index contributed by atoms with van der Waals surface area (Å²) < 4.78 is 59.2. The minimum atomic E-state index is -3.40. The maximum absolute atomic E-state index is 14.3. The van der Waals surface area contributed by atoms with Gasteiger partial charge in [-0.3, -0.25) is 9.62 Å². The molecule has 0 radical (unpaired) electrons. The van der Waals surface area contributed by atoms with Crippen LogP contribution in [0.2, 0.25) is 10.0 Å². The molecule has 3 aromatic rings. The van der Waals surface area contributed by atoms with Gasteiger partial charge < -0.3 is 9.84 Å². The molecule has 0 aromatic heterocycles. The summed E-state index contributed by atoms with van der Waals surface area (Å²) in [6.07, 6.45) is 0.589. The quantitative estimate of drug-likeness (QED) is 0.322. The fourth-order valence-electron chi connectivity index (χ4n) is 3.50. The summed E-state index contributed by atoms with van der Waals surface area (Å²) in [7, 11) is -3.40. The van der Waals surface area contributed by atoms with Gasteiger partial charge >= 0.3 is 0 Å². The molecular weight excluding hydrogens is 533 g/mol. The molecule has 0 fully saturated rings. The fourth-order valence-corrected chi connectivity index (χ4v) is 4.39. The van der Waals surface area contributed by atoms with Crippen LogP contribution in [0.3, 0.4) is 0 Å². The molecule has 0 aliphatic carbocycles. The first kappa shape index (κ1) is 28.1. The van der Waals surface area contributed by atoms with Crippen LogP contribution in [-0.4, -0.2) is 50.5 Å². The van der Waals surface area contributed by atoms with E-state index >= 15 is 0 Å². The molecule has 0 aliphatic rings. The number of nitrogens with zero attached hydrogens (tertiary/aromatic N) is 1. The second-order valence-corrected chi connectivity index (χ2v) is 10.9. The van der Waals surface area contributed by atoms with E-state index in [9.17, 15) is 22.3 Å². The second kappa shape index (κ2) is 12.7. The first-order valence-corrected chi connectivity index (χ1v) is 13.6. The minimum Gasteiger partial charge on any atom is -0.491 e. The number of halogens is 4. The van der Waals surface area contributed by atoms with Gasteiger partial charge in [0.15, 0.2) is 0 Å². The van der Waals surface area contributed by atoms with Crippen molar-refractivity contribution in [3.8, 4) is 5.75 Å². The Bertz CT molecular complexity index is 1260. The van der Waals surface area contributed by atoms with Crippen LogP contribution in [-0.2, 0) is 23.0 Å². The van der Waals surface area contributed by atoms with Crippen LogP contribution in [0.1, 0.15) is 11.1 Å². The largest absolute Gasteiger partial charge is 0.491 e. The summed E-state index contributed by atoms with van der Waals surface area (Å²) in [6, 6.07) is 15.1. The molecule has 0 spiro atoms. The third-order valence-corrected chi connectivity index (χ3v) is 6.56. The molecule has 1 atom stereocenters. The van der Waals surface area contributed by atoms with Crippen molar-refractivity contribution in [2.45, 2.75) is 19.1 Å². The van der Waals surface area contributed by atoms with Crippen LogP contribution in [0.15, 0.2) is 60.7 Å². The maximum atomic E-state index is 14.3. The minimum absolute atomic E-state index is 0.0528. The third kappa shape index (κ3) is 8.90. The van der Waals surface area contributed by atoms with Crippen molar-refractivity contribution in [1.29, 1.82) is 0 Å². The van der Waals surface area contributed by atoms with Gasteiger partial charge in [-0.05, 0) is 60.5 Å². The lowest BCUT2D eigenvalue weighted by molar-refractivity contribution is 0.0652. The van der Waals surface area contributed by atoms with Crippen molar-refractivity contribution in [2.75, 3.05) is 30.7 Å². The summed E-state index contributed by atoms with van der Waals surface area (Å²) in [5.41, 5.74) is 1.18. The lowest BCUT2D eigenvalue weighted by atomic mass is 10.1. The number of nitrogens with one attached hydrogen (secondary N) is 1. The number of aliphatic hydroxyl groups excluding tert-OH is 1. The number of rotatable bonds is 12. The smallest absolute Gasteiger partial charge is 0.229 e. The van der Waals surface area contributed by atoms with Crippen LogP contribution in [0.4, 0.5) is 14.5 Å². The van der Waals surface area contributed by atoms with Gasteiger partial charge in [-0.2, -0.15) is 0 Å². The van der Waals surface area contributed by atoms with Crippen LogP contribution in [0.5, 0.6) is 5.75 Å². The van der Waals surface area contributed by atoms with Gasteiger partial charge in [0, 0.05) is 30.9 Å². The van der Waals surface area contributed by atoms with E-state index in [4.69, 9.17) is 27.9 Å².